The number of hydrogen-bond donors (Lipinski definition) is 9. The maximum absolute atomic E-state index is 13.6. The first-order valence-corrected chi connectivity index (χ1v) is 43.7. The Morgan fingerprint density at radius 3 is 1.29 bits per heavy atom. The topological polar surface area (TPSA) is 389 Å². The van der Waals surface area contributed by atoms with Crippen molar-refractivity contribution in [3.8, 4) is 23.0 Å². The fraction of sp³-hybridized carbons (Fsp3) is 0.478. The van der Waals surface area contributed by atoms with Crippen LogP contribution in [0.15, 0.2) is 123 Å². The van der Waals surface area contributed by atoms with Crippen LogP contribution in [0.5, 0.6) is 23.0 Å². The van der Waals surface area contributed by atoms with Crippen molar-refractivity contribution < 1.29 is 83.9 Å². The molecule has 0 saturated heterocycles. The Kier molecular flexibility index (Phi) is 26.9. The zero-order valence-corrected chi connectivity index (χ0v) is 74.0. The van der Waals surface area contributed by atoms with Gasteiger partial charge in [0.25, 0.3) is 47.3 Å². The summed E-state index contributed by atoms with van der Waals surface area (Å²) in [6.07, 6.45) is 20.3. The smallest absolute Gasteiger partial charge is 0.273 e. The van der Waals surface area contributed by atoms with Crippen molar-refractivity contribution >= 4 is 105 Å². The third kappa shape index (κ3) is 20.5. The zero-order valence-electron chi connectivity index (χ0n) is 71.0. The summed E-state index contributed by atoms with van der Waals surface area (Å²) in [5.41, 5.74) is 1.28. The molecule has 5 aromatic heterocycles. The minimum absolute atomic E-state index is 0.00316. The van der Waals surface area contributed by atoms with Gasteiger partial charge in [-0.2, -0.15) is 5.10 Å². The monoisotopic (exact) mass is 1810 g/mol. The molecule has 670 valence electrons. The number of nitrogens with one attached hydrogen (secondary N) is 9. The Morgan fingerprint density at radius 1 is 0.484 bits per heavy atom. The summed E-state index contributed by atoms with van der Waals surface area (Å²) in [4.78, 5) is 109. The molecule has 9 aromatic rings. The summed E-state index contributed by atoms with van der Waals surface area (Å²) < 4.78 is 77.9. The number of pyridine rings is 1. The summed E-state index contributed by atoms with van der Waals surface area (Å²) in [7, 11) is 0. The van der Waals surface area contributed by atoms with Crippen molar-refractivity contribution in [3.05, 3.63) is 193 Å². The van der Waals surface area contributed by atoms with Crippen LogP contribution in [0.2, 0.25) is 20.1 Å². The number of benzene rings is 4. The molecule has 21 rings (SSSR count). The zero-order chi connectivity index (χ0) is 89.9. The molecular weight excluding hydrogens is 1720 g/mol. The predicted octanol–water partition coefficient (Wildman–Crippen LogP) is 15.0. The van der Waals surface area contributed by atoms with Crippen molar-refractivity contribution in [1.29, 1.82) is 0 Å². The van der Waals surface area contributed by atoms with E-state index in [1.54, 1.807) is 43.5 Å². The molecule has 0 radical (unpaired) electrons. The summed E-state index contributed by atoms with van der Waals surface area (Å²) in [5, 5.41) is 41.0. The molecule has 3 unspecified atom stereocenters. The predicted molar refractivity (Wildman–Crippen MR) is 459 cm³/mol. The van der Waals surface area contributed by atoms with Crippen molar-refractivity contribution in [2.24, 2.45) is 17.8 Å². The number of H-pyrrole nitrogens is 1. The van der Waals surface area contributed by atoms with Gasteiger partial charge in [-0.3, -0.25) is 43.5 Å². The third-order valence-corrected chi connectivity index (χ3v) is 27.9. The van der Waals surface area contributed by atoms with Crippen molar-refractivity contribution in [3.63, 3.8) is 0 Å². The van der Waals surface area contributed by atoms with E-state index in [4.69, 9.17) is 78.8 Å². The Labute approximate surface area is 745 Å². The number of aromatic amines is 1. The van der Waals surface area contributed by atoms with E-state index in [1.807, 2.05) is 27.7 Å². The van der Waals surface area contributed by atoms with E-state index >= 15 is 0 Å². The van der Waals surface area contributed by atoms with E-state index < -0.39 is 17.5 Å². The largest absolute Gasteiger partial charge is 0.484 e. The standard InChI is InChI=1S/C24H29ClFN3O4.C23H27ClFN3O4.C22H25ClFN3O4.C21H20ClN5O3/c1-14(2)22-27-19(12-33-22)21(31)29-23-6-8-24(9-7-23,15(3)11-23)28-20(30)13-32-16-4-5-17(25)18(26)10-16;1-3-15-11-19(28-32-15)21(30)27-22-6-8-23(9-7-22,14(2)12-22)26-20(29)13-31-16-4-5-17(24)18(25)10-16;1-13-10-21(26-20(29)16-11-31-27-14(16)2)5-7-22(13,8-6-21)25-19(28)12-30-15-3-4-17(23)18(24)9-15;1-12-4-15(2-3-16(12)22)30-8-17(28)25-20-9-21(10-20,11-20)26-19(29)14-5-13-7-24-27-18(13)23-6-14/h4-5,10,12,14-15H,6-9,11,13H2,1-3H3,(H,28,30)(H,29,31);4-5,10-11,14H,3,6-9,12-13H2,1-2H3,(H,26,29)(H,27,30);3-4,9,11,13H,5-8,10,12H2,1-2H3,(H,25,28)(H,26,29);2-7H,8-11H2,1H3,(H,25,28)(H,26,29)(H,23,24,27). The quantitative estimate of drug-likeness (QED) is 0.0243. The number of hydrogen-bond acceptors (Lipinski definition) is 20. The molecule has 0 aliphatic heterocycles. The van der Waals surface area contributed by atoms with E-state index in [0.717, 1.165) is 145 Å². The van der Waals surface area contributed by atoms with Crippen molar-refractivity contribution in [2.75, 3.05) is 26.4 Å². The molecule has 12 fully saturated rings. The molecule has 9 N–H and O–H groups in total. The molecule has 4 aromatic carbocycles. The van der Waals surface area contributed by atoms with Crippen LogP contribution in [0.4, 0.5) is 13.2 Å². The molecule has 3 atom stereocenters. The van der Waals surface area contributed by atoms with Crippen LogP contribution in [-0.2, 0) is 25.6 Å². The van der Waals surface area contributed by atoms with Gasteiger partial charge in [0.1, 0.15) is 64.3 Å². The lowest BCUT2D eigenvalue weighted by Gasteiger charge is -2.70. The number of amides is 8. The van der Waals surface area contributed by atoms with Gasteiger partial charge in [-0.25, -0.2) is 23.1 Å². The molecular formula is C90H101Cl4F3N14O15. The van der Waals surface area contributed by atoms with Gasteiger partial charge in [0.15, 0.2) is 49.4 Å². The van der Waals surface area contributed by atoms with Crippen LogP contribution in [0.3, 0.4) is 0 Å². The molecule has 12 aliphatic carbocycles. The number of carbonyl (C=O) groups excluding carboxylic acids is 8. The first kappa shape index (κ1) is 91.3. The summed E-state index contributed by atoms with van der Waals surface area (Å²) in [6.45, 7) is 15.1. The van der Waals surface area contributed by atoms with Crippen LogP contribution < -0.4 is 61.5 Å². The molecule has 12 aliphatic rings. The van der Waals surface area contributed by atoms with Crippen LogP contribution in [-0.4, -0.2) is 148 Å². The van der Waals surface area contributed by atoms with E-state index in [-0.39, 0.29) is 174 Å². The van der Waals surface area contributed by atoms with Gasteiger partial charge in [0.05, 0.1) is 32.5 Å². The number of carbonyl (C=O) groups is 8. The van der Waals surface area contributed by atoms with Gasteiger partial charge in [-0.15, -0.1) is 0 Å². The maximum atomic E-state index is 13.6. The normalized spacial score (nSPS) is 26.0. The van der Waals surface area contributed by atoms with Gasteiger partial charge in [-0.1, -0.05) is 98.3 Å². The lowest BCUT2D eigenvalue weighted by Crippen LogP contribution is -2.84. The van der Waals surface area contributed by atoms with Crippen LogP contribution >= 0.6 is 46.4 Å². The molecule has 8 amide bonds. The summed E-state index contributed by atoms with van der Waals surface area (Å²) >= 11 is 23.0. The number of aryl methyl sites for hydroxylation is 3. The summed E-state index contributed by atoms with van der Waals surface area (Å²) in [6, 6.07) is 21.0. The van der Waals surface area contributed by atoms with Gasteiger partial charge in [-0.05, 0) is 213 Å². The first-order chi connectivity index (χ1) is 59.9. The lowest BCUT2D eigenvalue weighted by molar-refractivity contribution is -0.141. The highest BCUT2D eigenvalue weighted by atomic mass is 35.5. The minimum Gasteiger partial charge on any atom is -0.484 e. The fourth-order valence-electron chi connectivity index (χ4n) is 19.5. The molecule has 8 bridgehead atoms. The average Bonchev–Trinajstić information content (AvgIpc) is 0.702. The van der Waals surface area contributed by atoms with Crippen LogP contribution in [0.1, 0.15) is 228 Å². The van der Waals surface area contributed by atoms with Gasteiger partial charge in [0, 0.05) is 97.5 Å². The number of oxazole rings is 1. The van der Waals surface area contributed by atoms with Crippen LogP contribution in [0.25, 0.3) is 11.0 Å². The van der Waals surface area contributed by atoms with Crippen molar-refractivity contribution in [2.45, 2.75) is 228 Å². The Hall–Kier alpha value is -11.0. The third-order valence-electron chi connectivity index (χ3n) is 26.6. The molecule has 0 spiro atoms. The number of ether oxygens (including phenoxy) is 4. The summed E-state index contributed by atoms with van der Waals surface area (Å²) in [5.74, 6) is -0.258. The Bertz CT molecular complexity index is 5560. The molecule has 12 saturated carbocycles. The van der Waals surface area contributed by atoms with E-state index in [1.165, 1.54) is 55.1 Å². The Balaban J connectivity index is 0.000000136. The molecule has 126 heavy (non-hydrogen) atoms. The van der Waals surface area contributed by atoms with E-state index in [2.05, 4.69) is 93.8 Å². The lowest BCUT2D eigenvalue weighted by atomic mass is 9.44. The second-order valence-electron chi connectivity index (χ2n) is 35.6. The number of halogens is 7. The minimum atomic E-state index is -0.592. The second kappa shape index (κ2) is 37.2. The second-order valence-corrected chi connectivity index (χ2v) is 37.3. The van der Waals surface area contributed by atoms with E-state index in [0.29, 0.717) is 62.7 Å². The maximum Gasteiger partial charge on any atom is 0.273 e. The number of rotatable bonds is 26. The molecule has 36 heteroatoms. The van der Waals surface area contributed by atoms with Gasteiger partial charge in [0.2, 0.25) is 0 Å². The van der Waals surface area contributed by atoms with Gasteiger partial charge < -0.3 is 74.9 Å². The SMILES string of the molecule is CC(C)c1nc(C(=O)NC23CCC(NC(=O)COc4ccc(Cl)c(F)c4)(CC2)C(C)C3)co1.CCc1cc(C(=O)NC23CCC(NC(=O)COc4ccc(Cl)c(F)c4)(CC2)C(C)C3)no1.Cc1cc(OCC(=O)NC23CC(NC(=O)c4cnc5[nH]ncc5c4)(C2)C3)ccc1Cl.Cc1nocc1C(=O)NC12CCC(NC(=O)COc3ccc(Cl)c(F)c3)(CC1)C(C)C2. The van der Waals surface area contributed by atoms with Gasteiger partial charge >= 0.3 is 0 Å². The highest BCUT2D eigenvalue weighted by Crippen LogP contribution is 2.61. The average molecular weight is 1820 g/mol. The Morgan fingerprint density at radius 2 is 0.897 bits per heavy atom. The van der Waals surface area contributed by atoms with Crippen molar-refractivity contribution in [1.82, 2.24) is 73.0 Å². The first-order valence-electron chi connectivity index (χ1n) is 42.2. The van der Waals surface area contributed by atoms with Crippen LogP contribution in [0, 0.1) is 49.1 Å². The fourth-order valence-corrected chi connectivity index (χ4v) is 20.0. The number of nitrogens with zero attached hydrogens (tertiary/aromatic N) is 5. The highest BCUT2D eigenvalue weighted by molar-refractivity contribution is 6.32. The molecule has 29 nitrogen and oxygen atoms in total. The number of aromatic nitrogens is 6. The van der Waals surface area contributed by atoms with E-state index in [9.17, 15) is 51.5 Å². The molecule has 5 heterocycles. The highest BCUT2D eigenvalue weighted by Gasteiger charge is 2.69. The number of fused-ring (bicyclic) bond motifs is 10.